The van der Waals surface area contributed by atoms with Crippen LogP contribution < -0.4 is 25.0 Å². The van der Waals surface area contributed by atoms with Crippen LogP contribution in [0.5, 0.6) is 11.5 Å². The molecule has 162 valence electrons. The molecule has 0 aliphatic carbocycles. The number of guanidine groups is 1. The van der Waals surface area contributed by atoms with Crippen LogP contribution in [0.3, 0.4) is 0 Å². The molecule has 1 unspecified atom stereocenters. The zero-order valence-corrected chi connectivity index (χ0v) is 18.1. The van der Waals surface area contributed by atoms with E-state index in [9.17, 15) is 0 Å². The Hall–Kier alpha value is -2.93. The van der Waals surface area contributed by atoms with Crippen molar-refractivity contribution in [1.29, 1.82) is 0 Å². The first-order chi connectivity index (χ1) is 14.7. The van der Waals surface area contributed by atoms with Gasteiger partial charge in [-0.15, -0.1) is 0 Å². The number of hydrogen-bond donors (Lipinski definition) is 2. The number of benzene rings is 2. The molecule has 2 N–H and O–H groups in total. The van der Waals surface area contributed by atoms with Crippen LogP contribution in [0, 0.1) is 0 Å². The Bertz CT molecular complexity index is 804. The molecule has 2 aromatic carbocycles. The Kier molecular flexibility index (Phi) is 8.20. The highest BCUT2D eigenvalue weighted by molar-refractivity contribution is 5.79. The molecule has 1 atom stereocenters. The lowest BCUT2D eigenvalue weighted by Gasteiger charge is -2.29. The Morgan fingerprint density at radius 1 is 1.10 bits per heavy atom. The summed E-state index contributed by atoms with van der Waals surface area (Å²) in [5.41, 5.74) is 2.45. The SMILES string of the molecule is CN=C(NCc1ccc(N2CCOCC2)cc1)NCC(C)Oc1cccc(OC)c1. The highest BCUT2D eigenvalue weighted by atomic mass is 16.5. The zero-order chi connectivity index (χ0) is 21.2. The van der Waals surface area contributed by atoms with Gasteiger partial charge in [0.05, 0.1) is 26.9 Å². The molecule has 1 heterocycles. The summed E-state index contributed by atoms with van der Waals surface area (Å²) in [6.07, 6.45) is -0.0246. The van der Waals surface area contributed by atoms with E-state index in [4.69, 9.17) is 14.2 Å². The number of morpholine rings is 1. The number of nitrogens with one attached hydrogen (secondary N) is 2. The van der Waals surface area contributed by atoms with E-state index >= 15 is 0 Å². The number of nitrogens with zero attached hydrogens (tertiary/aromatic N) is 2. The second-order valence-electron chi connectivity index (χ2n) is 7.18. The van der Waals surface area contributed by atoms with E-state index in [2.05, 4.69) is 44.8 Å². The lowest BCUT2D eigenvalue weighted by Crippen LogP contribution is -2.41. The van der Waals surface area contributed by atoms with Crippen molar-refractivity contribution in [3.63, 3.8) is 0 Å². The maximum absolute atomic E-state index is 5.95. The second-order valence-corrected chi connectivity index (χ2v) is 7.18. The first-order valence-corrected chi connectivity index (χ1v) is 10.3. The maximum atomic E-state index is 5.95. The van der Waals surface area contributed by atoms with Crippen molar-refractivity contribution in [3.8, 4) is 11.5 Å². The monoisotopic (exact) mass is 412 g/mol. The predicted molar refractivity (Wildman–Crippen MR) is 121 cm³/mol. The molecular formula is C23H32N4O3. The molecule has 7 heteroatoms. The molecule has 1 aliphatic rings. The molecule has 2 aromatic rings. The van der Waals surface area contributed by atoms with Crippen LogP contribution in [-0.4, -0.2) is 59.1 Å². The Labute approximate surface area is 179 Å². The molecule has 0 spiro atoms. The summed E-state index contributed by atoms with van der Waals surface area (Å²) >= 11 is 0. The highest BCUT2D eigenvalue weighted by Gasteiger charge is 2.11. The van der Waals surface area contributed by atoms with Crippen LogP contribution in [0.25, 0.3) is 0 Å². The molecular weight excluding hydrogens is 380 g/mol. The van der Waals surface area contributed by atoms with Crippen LogP contribution in [-0.2, 0) is 11.3 Å². The van der Waals surface area contributed by atoms with Crippen LogP contribution in [0.15, 0.2) is 53.5 Å². The van der Waals surface area contributed by atoms with E-state index in [1.807, 2.05) is 31.2 Å². The van der Waals surface area contributed by atoms with E-state index in [1.165, 1.54) is 11.3 Å². The normalized spacial score (nSPS) is 15.4. The molecule has 1 fully saturated rings. The highest BCUT2D eigenvalue weighted by Crippen LogP contribution is 2.20. The average molecular weight is 413 g/mol. The third kappa shape index (κ3) is 6.56. The van der Waals surface area contributed by atoms with E-state index < -0.39 is 0 Å². The van der Waals surface area contributed by atoms with Crippen molar-refractivity contribution in [1.82, 2.24) is 10.6 Å². The minimum atomic E-state index is -0.0246. The molecule has 0 radical (unpaired) electrons. The van der Waals surface area contributed by atoms with E-state index in [0.29, 0.717) is 13.1 Å². The second kappa shape index (κ2) is 11.3. The molecule has 7 nitrogen and oxygen atoms in total. The molecule has 30 heavy (non-hydrogen) atoms. The van der Waals surface area contributed by atoms with Gasteiger partial charge in [0, 0.05) is 38.4 Å². The van der Waals surface area contributed by atoms with E-state index in [0.717, 1.165) is 43.8 Å². The van der Waals surface area contributed by atoms with Crippen LogP contribution in [0.4, 0.5) is 5.69 Å². The lowest BCUT2D eigenvalue weighted by atomic mass is 10.2. The minimum absolute atomic E-state index is 0.0246. The summed E-state index contributed by atoms with van der Waals surface area (Å²) in [4.78, 5) is 6.65. The van der Waals surface area contributed by atoms with Gasteiger partial charge in [0.2, 0.25) is 0 Å². The van der Waals surface area contributed by atoms with Crippen LogP contribution in [0.1, 0.15) is 12.5 Å². The van der Waals surface area contributed by atoms with Gasteiger partial charge in [-0.2, -0.15) is 0 Å². The van der Waals surface area contributed by atoms with Crippen molar-refractivity contribution in [2.75, 3.05) is 51.9 Å². The fraction of sp³-hybridized carbons (Fsp3) is 0.435. The van der Waals surface area contributed by atoms with Gasteiger partial charge >= 0.3 is 0 Å². The lowest BCUT2D eigenvalue weighted by molar-refractivity contribution is 0.122. The Balaban J connectivity index is 1.42. The summed E-state index contributed by atoms with van der Waals surface area (Å²) in [7, 11) is 3.42. The molecule has 0 aromatic heterocycles. The predicted octanol–water partition coefficient (Wildman–Crippen LogP) is 2.66. The number of methoxy groups -OCH3 is 1. The molecule has 0 amide bonds. The van der Waals surface area contributed by atoms with Crippen LogP contribution >= 0.6 is 0 Å². The largest absolute Gasteiger partial charge is 0.497 e. The van der Waals surface area contributed by atoms with Crippen molar-refractivity contribution >= 4 is 11.6 Å². The Morgan fingerprint density at radius 3 is 2.53 bits per heavy atom. The molecule has 3 rings (SSSR count). The summed E-state index contributed by atoms with van der Waals surface area (Å²) in [5, 5.41) is 6.66. The topological polar surface area (TPSA) is 67.4 Å². The molecule has 1 aliphatic heterocycles. The summed E-state index contributed by atoms with van der Waals surface area (Å²) in [6.45, 7) is 6.84. The summed E-state index contributed by atoms with van der Waals surface area (Å²) in [5.74, 6) is 2.31. The van der Waals surface area contributed by atoms with E-state index in [-0.39, 0.29) is 6.10 Å². The number of rotatable bonds is 8. The minimum Gasteiger partial charge on any atom is -0.497 e. The van der Waals surface area contributed by atoms with Gasteiger partial charge in [-0.05, 0) is 36.8 Å². The van der Waals surface area contributed by atoms with Gasteiger partial charge < -0.3 is 29.7 Å². The van der Waals surface area contributed by atoms with Gasteiger partial charge in [-0.1, -0.05) is 18.2 Å². The maximum Gasteiger partial charge on any atom is 0.191 e. The smallest absolute Gasteiger partial charge is 0.191 e. The third-order valence-corrected chi connectivity index (χ3v) is 4.93. The summed E-state index contributed by atoms with van der Waals surface area (Å²) < 4.78 is 16.6. The fourth-order valence-corrected chi connectivity index (χ4v) is 3.24. The summed E-state index contributed by atoms with van der Waals surface area (Å²) in [6, 6.07) is 16.3. The average Bonchev–Trinajstić information content (AvgIpc) is 2.80. The van der Waals surface area contributed by atoms with Gasteiger partial charge in [0.15, 0.2) is 5.96 Å². The number of aliphatic imine (C=N–C) groups is 1. The zero-order valence-electron chi connectivity index (χ0n) is 18.1. The standard InChI is InChI=1S/C23H32N4O3/c1-18(30-22-6-4-5-21(15-22)28-3)16-25-23(24-2)26-17-19-7-9-20(10-8-19)27-11-13-29-14-12-27/h4-10,15,18H,11-14,16-17H2,1-3H3,(H2,24,25,26). The van der Waals surface area contributed by atoms with Gasteiger partial charge in [0.1, 0.15) is 17.6 Å². The van der Waals surface area contributed by atoms with Crippen LogP contribution in [0.2, 0.25) is 0 Å². The van der Waals surface area contributed by atoms with E-state index in [1.54, 1.807) is 14.2 Å². The third-order valence-electron chi connectivity index (χ3n) is 4.93. The number of anilines is 1. The first-order valence-electron chi connectivity index (χ1n) is 10.3. The van der Waals surface area contributed by atoms with Crippen molar-refractivity contribution < 1.29 is 14.2 Å². The van der Waals surface area contributed by atoms with Gasteiger partial charge in [-0.3, -0.25) is 4.99 Å². The number of ether oxygens (including phenoxy) is 3. The van der Waals surface area contributed by atoms with Gasteiger partial charge in [0.25, 0.3) is 0 Å². The quantitative estimate of drug-likeness (QED) is 0.513. The first kappa shape index (κ1) is 21.8. The van der Waals surface area contributed by atoms with Crippen molar-refractivity contribution in [3.05, 3.63) is 54.1 Å². The Morgan fingerprint density at radius 2 is 1.83 bits per heavy atom. The van der Waals surface area contributed by atoms with Crippen molar-refractivity contribution in [2.24, 2.45) is 4.99 Å². The van der Waals surface area contributed by atoms with Crippen molar-refractivity contribution in [2.45, 2.75) is 19.6 Å². The van der Waals surface area contributed by atoms with Gasteiger partial charge in [-0.25, -0.2) is 0 Å². The molecule has 0 saturated carbocycles. The molecule has 1 saturated heterocycles. The molecule has 0 bridgehead atoms. The fourth-order valence-electron chi connectivity index (χ4n) is 3.24. The number of hydrogen-bond acceptors (Lipinski definition) is 5.